The second-order valence-electron chi connectivity index (χ2n) is 6.36. The minimum Gasteiger partial charge on any atom is -0.340 e. The first kappa shape index (κ1) is 13.4. The van der Waals surface area contributed by atoms with Gasteiger partial charge in [0.25, 0.3) is 5.56 Å². The van der Waals surface area contributed by atoms with Crippen LogP contribution in [0.1, 0.15) is 29.7 Å². The lowest BCUT2D eigenvalue weighted by atomic mass is 9.70. The Bertz CT molecular complexity index is 622. The van der Waals surface area contributed by atoms with Gasteiger partial charge >= 0.3 is 0 Å². The van der Waals surface area contributed by atoms with Crippen molar-refractivity contribution in [3.63, 3.8) is 0 Å². The molecule has 1 saturated carbocycles. The fraction of sp³-hybridized carbons (Fsp3) is 0.600. The first-order valence-electron chi connectivity index (χ1n) is 7.15. The van der Waals surface area contributed by atoms with Crippen LogP contribution < -0.4 is 11.3 Å². The molecule has 1 aromatic rings. The molecule has 108 valence electrons. The third kappa shape index (κ3) is 2.06. The number of aromatic amines is 1. The summed E-state index contributed by atoms with van der Waals surface area (Å²) in [7, 11) is 0. The van der Waals surface area contributed by atoms with E-state index in [4.69, 9.17) is 5.73 Å². The van der Waals surface area contributed by atoms with Crippen molar-refractivity contribution in [2.24, 2.45) is 11.7 Å². The number of rotatable bonds is 2. The lowest BCUT2D eigenvalue weighted by molar-refractivity contribution is -0.129. The molecule has 0 spiro atoms. The maximum absolute atomic E-state index is 12.4. The Morgan fingerprint density at radius 1 is 1.55 bits per heavy atom. The summed E-state index contributed by atoms with van der Waals surface area (Å²) in [5.41, 5.74) is 8.21. The van der Waals surface area contributed by atoms with E-state index in [0.29, 0.717) is 18.0 Å². The van der Waals surface area contributed by atoms with Crippen LogP contribution in [0.25, 0.3) is 0 Å². The van der Waals surface area contributed by atoms with E-state index < -0.39 is 0 Å². The summed E-state index contributed by atoms with van der Waals surface area (Å²) in [5, 5.41) is 0. The number of nitrogens with one attached hydrogen (secondary N) is 1. The van der Waals surface area contributed by atoms with Crippen LogP contribution in [-0.4, -0.2) is 34.4 Å². The van der Waals surface area contributed by atoms with Gasteiger partial charge in [0, 0.05) is 29.9 Å². The van der Waals surface area contributed by atoms with Crippen LogP contribution in [0.15, 0.2) is 10.9 Å². The third-order valence-corrected chi connectivity index (χ3v) is 4.87. The molecule has 2 fully saturated rings. The average Bonchev–Trinajstić information content (AvgIpc) is 2.58. The van der Waals surface area contributed by atoms with Gasteiger partial charge in [0.1, 0.15) is 0 Å². The molecule has 0 radical (unpaired) electrons. The number of hydrogen-bond donors (Lipinski definition) is 2. The molecule has 1 aliphatic heterocycles. The second kappa shape index (κ2) is 4.45. The monoisotopic (exact) mass is 275 g/mol. The Labute approximate surface area is 118 Å². The van der Waals surface area contributed by atoms with E-state index >= 15 is 0 Å². The molecule has 3 N–H and O–H groups in total. The maximum atomic E-state index is 12.4. The van der Waals surface area contributed by atoms with Crippen molar-refractivity contribution in [1.82, 2.24) is 9.88 Å². The number of H-pyrrole nitrogens is 1. The molecule has 1 aliphatic carbocycles. The largest absolute Gasteiger partial charge is 0.340 e. The first-order valence-corrected chi connectivity index (χ1v) is 7.15. The minimum absolute atomic E-state index is 0.0154. The number of carbonyl (C=O) groups excluding carboxylic acids is 1. The van der Waals surface area contributed by atoms with Gasteiger partial charge in [0.15, 0.2) is 0 Å². The van der Waals surface area contributed by atoms with Gasteiger partial charge in [0.2, 0.25) is 5.91 Å². The fourth-order valence-corrected chi connectivity index (χ4v) is 3.44. The summed E-state index contributed by atoms with van der Waals surface area (Å²) in [4.78, 5) is 28.9. The van der Waals surface area contributed by atoms with Gasteiger partial charge < -0.3 is 15.6 Å². The van der Waals surface area contributed by atoms with Gasteiger partial charge in [-0.3, -0.25) is 9.59 Å². The van der Waals surface area contributed by atoms with Crippen LogP contribution in [-0.2, 0) is 11.2 Å². The van der Waals surface area contributed by atoms with Crippen molar-refractivity contribution in [1.29, 1.82) is 0 Å². The van der Waals surface area contributed by atoms with Gasteiger partial charge in [0.05, 0.1) is 6.42 Å². The Hall–Kier alpha value is -1.62. The summed E-state index contributed by atoms with van der Waals surface area (Å²) >= 11 is 0. The zero-order chi connectivity index (χ0) is 14.5. The lowest BCUT2D eigenvalue weighted by Gasteiger charge is -2.39. The van der Waals surface area contributed by atoms with Crippen LogP contribution in [0, 0.1) is 19.8 Å². The van der Waals surface area contributed by atoms with Crippen molar-refractivity contribution in [2.45, 2.75) is 38.6 Å². The van der Waals surface area contributed by atoms with Crippen molar-refractivity contribution in [3.8, 4) is 0 Å². The smallest absolute Gasteiger partial charge is 0.252 e. The van der Waals surface area contributed by atoms with E-state index in [1.165, 1.54) is 0 Å². The van der Waals surface area contributed by atoms with Gasteiger partial charge in [-0.15, -0.1) is 0 Å². The summed E-state index contributed by atoms with van der Waals surface area (Å²) in [6.45, 7) is 5.11. The zero-order valence-electron chi connectivity index (χ0n) is 12.0. The standard InChI is InChI=1S/C15H21N3O2/c1-9-5-10(2)17-14(20)12(9)6-13(19)18-7-11-3-4-15(11,16)8-18/h5,11H,3-4,6-8,16H2,1-2H3,(H,17,20)/t11-,15-/m0/s1. The number of likely N-dealkylation sites (tertiary alicyclic amines) is 1. The number of aryl methyl sites for hydroxylation is 2. The number of pyridine rings is 1. The summed E-state index contributed by atoms with van der Waals surface area (Å²) < 4.78 is 0. The molecule has 0 aromatic carbocycles. The number of fused-ring (bicyclic) bond motifs is 1. The summed E-state index contributed by atoms with van der Waals surface area (Å²) in [6.07, 6.45) is 2.29. The number of amides is 1. The molecule has 1 amide bonds. The van der Waals surface area contributed by atoms with Crippen molar-refractivity contribution in [2.75, 3.05) is 13.1 Å². The molecule has 0 bridgehead atoms. The highest BCUT2D eigenvalue weighted by Crippen LogP contribution is 2.42. The van der Waals surface area contributed by atoms with Gasteiger partial charge in [-0.05, 0) is 44.2 Å². The number of hydrogen-bond acceptors (Lipinski definition) is 3. The average molecular weight is 275 g/mol. The predicted octanol–water partition coefficient (Wildman–Crippen LogP) is 0.484. The zero-order valence-corrected chi connectivity index (χ0v) is 12.0. The van der Waals surface area contributed by atoms with E-state index in [-0.39, 0.29) is 23.4 Å². The maximum Gasteiger partial charge on any atom is 0.252 e. The predicted molar refractivity (Wildman–Crippen MR) is 76.5 cm³/mol. The SMILES string of the molecule is Cc1cc(C)c(CC(=O)N2C[C@@H]3CC[C@]3(N)C2)c(=O)[nH]1. The van der Waals surface area contributed by atoms with E-state index in [2.05, 4.69) is 4.98 Å². The van der Waals surface area contributed by atoms with Crippen LogP contribution in [0.5, 0.6) is 0 Å². The molecule has 3 rings (SSSR count). The Balaban J connectivity index is 1.76. The highest BCUT2D eigenvalue weighted by Gasteiger charge is 2.51. The number of nitrogens with two attached hydrogens (primary N) is 1. The van der Waals surface area contributed by atoms with E-state index in [1.807, 2.05) is 24.8 Å². The lowest BCUT2D eigenvalue weighted by Crippen LogP contribution is -2.54. The normalized spacial score (nSPS) is 28.1. The van der Waals surface area contributed by atoms with Gasteiger partial charge in [-0.2, -0.15) is 0 Å². The Morgan fingerprint density at radius 2 is 2.30 bits per heavy atom. The first-order chi connectivity index (χ1) is 9.39. The molecule has 2 atom stereocenters. The molecular weight excluding hydrogens is 254 g/mol. The van der Waals surface area contributed by atoms with Crippen LogP contribution in [0.2, 0.25) is 0 Å². The van der Waals surface area contributed by atoms with Crippen LogP contribution >= 0.6 is 0 Å². The quantitative estimate of drug-likeness (QED) is 0.824. The Kier molecular flexibility index (Phi) is 2.97. The number of aromatic nitrogens is 1. The fourth-order valence-electron chi connectivity index (χ4n) is 3.44. The molecule has 20 heavy (non-hydrogen) atoms. The number of carbonyl (C=O) groups is 1. The Morgan fingerprint density at radius 3 is 2.80 bits per heavy atom. The molecule has 5 nitrogen and oxygen atoms in total. The molecule has 2 aliphatic rings. The minimum atomic E-state index is -0.162. The summed E-state index contributed by atoms with van der Waals surface area (Å²) in [6, 6.07) is 1.90. The van der Waals surface area contributed by atoms with E-state index in [9.17, 15) is 9.59 Å². The van der Waals surface area contributed by atoms with Gasteiger partial charge in [-0.25, -0.2) is 0 Å². The van der Waals surface area contributed by atoms with Gasteiger partial charge in [-0.1, -0.05) is 0 Å². The van der Waals surface area contributed by atoms with Crippen molar-refractivity contribution < 1.29 is 4.79 Å². The topological polar surface area (TPSA) is 79.2 Å². The molecular formula is C15H21N3O2. The highest BCUT2D eigenvalue weighted by atomic mass is 16.2. The van der Waals surface area contributed by atoms with Crippen LogP contribution in [0.3, 0.4) is 0 Å². The molecule has 1 saturated heterocycles. The molecule has 0 unspecified atom stereocenters. The highest BCUT2D eigenvalue weighted by molar-refractivity contribution is 5.79. The van der Waals surface area contributed by atoms with Crippen molar-refractivity contribution >= 4 is 5.91 Å². The summed E-state index contributed by atoms with van der Waals surface area (Å²) in [5.74, 6) is 0.463. The third-order valence-electron chi connectivity index (χ3n) is 4.87. The van der Waals surface area contributed by atoms with Crippen LogP contribution in [0.4, 0.5) is 0 Å². The van der Waals surface area contributed by atoms with E-state index in [1.54, 1.807) is 0 Å². The second-order valence-corrected chi connectivity index (χ2v) is 6.36. The molecule has 2 heterocycles. The molecule has 1 aromatic heterocycles. The van der Waals surface area contributed by atoms with E-state index in [0.717, 1.165) is 30.6 Å². The number of nitrogens with zero attached hydrogens (tertiary/aromatic N) is 1. The molecule has 5 heteroatoms. The van der Waals surface area contributed by atoms with Crippen molar-refractivity contribution in [3.05, 3.63) is 33.2 Å².